The number of ether oxygens (including phenoxy) is 1. The molecule has 25 heavy (non-hydrogen) atoms. The molecule has 1 N–H and O–H groups in total. The minimum Gasteiger partial charge on any atom is -0.371 e. The molecule has 8 heteroatoms. The zero-order valence-electron chi connectivity index (χ0n) is 15.4. The summed E-state index contributed by atoms with van der Waals surface area (Å²) in [5.41, 5.74) is 0. The van der Waals surface area contributed by atoms with E-state index in [0.717, 1.165) is 38.6 Å². The van der Waals surface area contributed by atoms with Crippen LogP contribution in [0.1, 0.15) is 44.5 Å². The van der Waals surface area contributed by atoms with E-state index in [1.165, 1.54) is 32.5 Å². The molecule has 0 bridgehead atoms. The number of piperidine rings is 1. The van der Waals surface area contributed by atoms with Crippen molar-refractivity contribution in [3.05, 3.63) is 11.7 Å². The molecule has 144 valence electrons. The molecule has 0 saturated carbocycles. The smallest absolute Gasteiger partial charge is 0.240 e. The van der Waals surface area contributed by atoms with Crippen molar-refractivity contribution in [2.45, 2.75) is 39.3 Å². The Morgan fingerprint density at radius 2 is 1.88 bits per heavy atom. The van der Waals surface area contributed by atoms with Crippen molar-refractivity contribution in [1.29, 1.82) is 0 Å². The quantitative estimate of drug-likeness (QED) is 0.780. The van der Waals surface area contributed by atoms with Gasteiger partial charge in [0.05, 0.1) is 6.54 Å². The monoisotopic (exact) mass is 373 g/mol. The standard InChI is InChI=1S/C17H31N5O2.ClH/c1-3-23-14(2)17-19-16(24-20-17)13-22-10-8-21(9-11-22)12-15-4-6-18-7-5-15;/h14-15,18H,3-13H2,1-2H3;1H. The van der Waals surface area contributed by atoms with Gasteiger partial charge in [0.2, 0.25) is 5.89 Å². The third kappa shape index (κ3) is 6.18. The van der Waals surface area contributed by atoms with Crippen molar-refractivity contribution in [1.82, 2.24) is 25.3 Å². The van der Waals surface area contributed by atoms with Gasteiger partial charge in [-0.1, -0.05) is 5.16 Å². The summed E-state index contributed by atoms with van der Waals surface area (Å²) in [4.78, 5) is 9.49. The van der Waals surface area contributed by atoms with E-state index in [9.17, 15) is 0 Å². The molecule has 0 amide bonds. The molecule has 3 heterocycles. The predicted molar refractivity (Wildman–Crippen MR) is 98.9 cm³/mol. The number of piperazine rings is 1. The maximum Gasteiger partial charge on any atom is 0.240 e. The van der Waals surface area contributed by atoms with E-state index in [1.54, 1.807) is 0 Å². The number of aromatic nitrogens is 2. The Morgan fingerprint density at radius 3 is 2.56 bits per heavy atom. The fourth-order valence-electron chi connectivity index (χ4n) is 3.57. The Bertz CT molecular complexity index is 487. The molecule has 2 saturated heterocycles. The number of hydrogen-bond donors (Lipinski definition) is 1. The Balaban J connectivity index is 0.00000225. The van der Waals surface area contributed by atoms with Crippen LogP contribution in [0.3, 0.4) is 0 Å². The average molecular weight is 374 g/mol. The largest absolute Gasteiger partial charge is 0.371 e. The molecule has 1 unspecified atom stereocenters. The van der Waals surface area contributed by atoms with Gasteiger partial charge in [0.1, 0.15) is 6.10 Å². The lowest BCUT2D eigenvalue weighted by atomic mass is 9.97. The molecule has 1 atom stereocenters. The Hall–Kier alpha value is -0.730. The number of rotatable bonds is 7. The molecule has 3 rings (SSSR count). The van der Waals surface area contributed by atoms with Gasteiger partial charge in [0.25, 0.3) is 0 Å². The molecule has 0 spiro atoms. The van der Waals surface area contributed by atoms with E-state index in [-0.39, 0.29) is 18.5 Å². The molecular formula is C17H32ClN5O2. The van der Waals surface area contributed by atoms with Gasteiger partial charge in [-0.2, -0.15) is 4.98 Å². The number of hydrogen-bond acceptors (Lipinski definition) is 7. The lowest BCUT2D eigenvalue weighted by Gasteiger charge is -2.36. The highest BCUT2D eigenvalue weighted by Crippen LogP contribution is 2.17. The van der Waals surface area contributed by atoms with Gasteiger partial charge in [0, 0.05) is 39.3 Å². The van der Waals surface area contributed by atoms with Gasteiger partial charge in [-0.15, -0.1) is 12.4 Å². The predicted octanol–water partition coefficient (Wildman–Crippen LogP) is 1.71. The van der Waals surface area contributed by atoms with Crippen molar-refractivity contribution in [3.8, 4) is 0 Å². The molecule has 0 radical (unpaired) electrons. The summed E-state index contributed by atoms with van der Waals surface area (Å²) in [5.74, 6) is 2.22. The summed E-state index contributed by atoms with van der Waals surface area (Å²) >= 11 is 0. The van der Waals surface area contributed by atoms with Crippen LogP contribution >= 0.6 is 12.4 Å². The molecule has 2 aliphatic heterocycles. The van der Waals surface area contributed by atoms with Gasteiger partial charge >= 0.3 is 0 Å². The first-order valence-electron chi connectivity index (χ1n) is 9.34. The first kappa shape index (κ1) is 20.6. The Labute approximate surface area is 156 Å². The van der Waals surface area contributed by atoms with E-state index in [0.29, 0.717) is 18.3 Å². The van der Waals surface area contributed by atoms with Crippen molar-refractivity contribution < 1.29 is 9.26 Å². The lowest BCUT2D eigenvalue weighted by molar-refractivity contribution is 0.0683. The normalized spacial score (nSPS) is 21.8. The summed E-state index contributed by atoms with van der Waals surface area (Å²) in [5, 5.41) is 7.48. The van der Waals surface area contributed by atoms with Crippen molar-refractivity contribution in [3.63, 3.8) is 0 Å². The van der Waals surface area contributed by atoms with Crippen molar-refractivity contribution in [2.24, 2.45) is 5.92 Å². The summed E-state index contributed by atoms with van der Waals surface area (Å²) in [6, 6.07) is 0. The summed E-state index contributed by atoms with van der Waals surface area (Å²) in [6.45, 7) is 13.4. The van der Waals surface area contributed by atoms with Crippen LogP contribution in [-0.4, -0.2) is 72.4 Å². The second kappa shape index (κ2) is 10.4. The summed E-state index contributed by atoms with van der Waals surface area (Å²) < 4.78 is 10.9. The van der Waals surface area contributed by atoms with Gasteiger partial charge in [-0.25, -0.2) is 0 Å². The van der Waals surface area contributed by atoms with Crippen LogP contribution in [-0.2, 0) is 11.3 Å². The molecule has 0 aromatic carbocycles. The van der Waals surface area contributed by atoms with Gasteiger partial charge in [-0.05, 0) is 45.7 Å². The van der Waals surface area contributed by atoms with E-state index in [2.05, 4.69) is 25.3 Å². The van der Waals surface area contributed by atoms with Gasteiger partial charge < -0.3 is 19.5 Å². The zero-order chi connectivity index (χ0) is 16.8. The van der Waals surface area contributed by atoms with E-state index in [1.807, 2.05) is 13.8 Å². The van der Waals surface area contributed by atoms with Gasteiger partial charge in [0.15, 0.2) is 5.82 Å². The Morgan fingerprint density at radius 1 is 1.20 bits per heavy atom. The molecule has 0 aliphatic carbocycles. The zero-order valence-corrected chi connectivity index (χ0v) is 16.3. The van der Waals surface area contributed by atoms with E-state index in [4.69, 9.17) is 9.26 Å². The third-order valence-corrected chi connectivity index (χ3v) is 5.06. The van der Waals surface area contributed by atoms with Gasteiger partial charge in [-0.3, -0.25) is 4.90 Å². The Kier molecular flexibility index (Phi) is 8.58. The van der Waals surface area contributed by atoms with Crippen molar-refractivity contribution in [2.75, 3.05) is 52.4 Å². The topological polar surface area (TPSA) is 66.7 Å². The van der Waals surface area contributed by atoms with Crippen LogP contribution in [0, 0.1) is 5.92 Å². The third-order valence-electron chi connectivity index (χ3n) is 5.06. The van der Waals surface area contributed by atoms with E-state index < -0.39 is 0 Å². The van der Waals surface area contributed by atoms with Crippen LogP contribution < -0.4 is 5.32 Å². The summed E-state index contributed by atoms with van der Waals surface area (Å²) in [7, 11) is 0. The first-order chi connectivity index (χ1) is 11.7. The number of nitrogens with one attached hydrogen (secondary N) is 1. The molecule has 2 aliphatic rings. The molecule has 2 fully saturated rings. The minimum absolute atomic E-state index is 0. The molecule has 1 aromatic rings. The second-order valence-electron chi connectivity index (χ2n) is 6.91. The fourth-order valence-corrected chi connectivity index (χ4v) is 3.57. The van der Waals surface area contributed by atoms with Crippen LogP contribution in [0.2, 0.25) is 0 Å². The van der Waals surface area contributed by atoms with Crippen LogP contribution in [0.4, 0.5) is 0 Å². The highest BCUT2D eigenvalue weighted by molar-refractivity contribution is 5.85. The minimum atomic E-state index is -0.102. The van der Waals surface area contributed by atoms with Crippen molar-refractivity contribution >= 4 is 12.4 Å². The lowest BCUT2D eigenvalue weighted by Crippen LogP contribution is -2.48. The van der Waals surface area contributed by atoms with Crippen LogP contribution in [0.5, 0.6) is 0 Å². The maximum absolute atomic E-state index is 5.51. The maximum atomic E-state index is 5.51. The molecule has 1 aromatic heterocycles. The SMILES string of the molecule is CCOC(C)c1noc(CN2CCN(CC3CCNCC3)CC2)n1.Cl. The van der Waals surface area contributed by atoms with E-state index >= 15 is 0 Å². The number of nitrogens with zero attached hydrogens (tertiary/aromatic N) is 4. The molecule has 7 nitrogen and oxygen atoms in total. The highest BCUT2D eigenvalue weighted by Gasteiger charge is 2.23. The summed E-state index contributed by atoms with van der Waals surface area (Å²) in [6.07, 6.45) is 2.54. The number of halogens is 1. The molecular weight excluding hydrogens is 342 g/mol. The fraction of sp³-hybridized carbons (Fsp3) is 0.882. The van der Waals surface area contributed by atoms with Crippen LogP contribution in [0.15, 0.2) is 4.52 Å². The first-order valence-corrected chi connectivity index (χ1v) is 9.34. The average Bonchev–Trinajstić information content (AvgIpc) is 3.06. The highest BCUT2D eigenvalue weighted by atomic mass is 35.5. The van der Waals surface area contributed by atoms with Crippen LogP contribution in [0.25, 0.3) is 0 Å². The second-order valence-corrected chi connectivity index (χ2v) is 6.91.